The second-order valence-electron chi connectivity index (χ2n) is 24.4. The van der Waals surface area contributed by atoms with Crippen LogP contribution in [0.4, 0.5) is 9.59 Å². The zero-order valence-corrected chi connectivity index (χ0v) is 55.4. The molecule has 0 aromatic heterocycles. The summed E-state index contributed by atoms with van der Waals surface area (Å²) < 4.78 is 10.7. The van der Waals surface area contributed by atoms with Gasteiger partial charge in [0.2, 0.25) is 59.1 Å². The van der Waals surface area contributed by atoms with E-state index in [0.29, 0.717) is 77.0 Å². The number of unbranched alkanes of at least 4 members (excludes halogenated alkanes) is 6. The van der Waals surface area contributed by atoms with Gasteiger partial charge in [-0.15, -0.1) is 0 Å². The minimum Gasteiger partial charge on any atom is -0.445 e. The Morgan fingerprint density at radius 2 is 0.698 bits per heavy atom. The lowest BCUT2D eigenvalue weighted by molar-refractivity contribution is -0.142. The van der Waals surface area contributed by atoms with Crippen molar-refractivity contribution in [3.8, 4) is 0 Å². The van der Waals surface area contributed by atoms with Crippen LogP contribution < -0.4 is 76.1 Å². The third-order valence-electron chi connectivity index (χ3n) is 16.9. The first kappa shape index (κ1) is 78.2. The zero-order valence-electron chi connectivity index (χ0n) is 55.4. The quantitative estimate of drug-likeness (QED) is 0.0452. The van der Waals surface area contributed by atoms with Crippen LogP contribution in [-0.2, 0) is 70.6 Å². The number of carbonyl (C=O) groups is 12. The number of rotatable bonds is 30. The summed E-state index contributed by atoms with van der Waals surface area (Å²) in [7, 11) is 0. The van der Waals surface area contributed by atoms with Crippen LogP contribution in [0.2, 0.25) is 0 Å². The van der Waals surface area contributed by atoms with Crippen molar-refractivity contribution >= 4 is 71.3 Å². The van der Waals surface area contributed by atoms with E-state index in [4.69, 9.17) is 32.4 Å². The first-order chi connectivity index (χ1) is 46.5. The molecule has 532 valence electrons. The summed E-state index contributed by atoms with van der Waals surface area (Å²) in [5, 5.41) is 27.2. The Labute approximate surface area is 562 Å². The van der Waals surface area contributed by atoms with Crippen LogP contribution in [0.5, 0.6) is 0 Å². The highest BCUT2D eigenvalue weighted by Gasteiger charge is 2.41. The Bertz CT molecular complexity index is 2620. The maximum atomic E-state index is 14.7. The molecule has 30 heteroatoms. The average Bonchev–Trinajstić information content (AvgIpc) is 1.68. The molecular weight excluding hydrogens is 1240 g/mol. The molecule has 3 aliphatic rings. The molecule has 2 aromatic carbocycles. The Hall–Kier alpha value is -8.48. The number of fused-ring (bicyclic) bond motifs is 2. The van der Waals surface area contributed by atoms with Gasteiger partial charge in [0.1, 0.15) is 61.5 Å². The topological polar surface area (TPSA) is 454 Å². The van der Waals surface area contributed by atoms with E-state index >= 15 is 0 Å². The average molecular weight is 1350 g/mol. The summed E-state index contributed by atoms with van der Waals surface area (Å²) in [6.07, 6.45) is 4.75. The zero-order chi connectivity index (χ0) is 69.5. The van der Waals surface area contributed by atoms with E-state index in [1.165, 1.54) is 9.80 Å². The van der Waals surface area contributed by atoms with E-state index in [1.807, 2.05) is 60.7 Å². The normalized spacial score (nSPS) is 22.4. The molecule has 18 N–H and O–H groups in total. The summed E-state index contributed by atoms with van der Waals surface area (Å²) in [5.74, 6) is -7.10. The van der Waals surface area contributed by atoms with Gasteiger partial charge in [-0.1, -0.05) is 60.7 Å². The van der Waals surface area contributed by atoms with E-state index in [9.17, 15) is 57.5 Å². The molecule has 30 nitrogen and oxygen atoms in total. The van der Waals surface area contributed by atoms with Gasteiger partial charge in [0.25, 0.3) is 0 Å². The third-order valence-corrected chi connectivity index (χ3v) is 16.9. The van der Waals surface area contributed by atoms with Crippen LogP contribution >= 0.6 is 0 Å². The van der Waals surface area contributed by atoms with Gasteiger partial charge in [-0.05, 0) is 179 Å². The predicted octanol–water partition coefficient (Wildman–Crippen LogP) is -0.167. The van der Waals surface area contributed by atoms with Crippen LogP contribution in [0.25, 0.3) is 0 Å². The molecule has 3 fully saturated rings. The molecule has 3 heterocycles. The molecule has 3 saturated heterocycles. The van der Waals surface area contributed by atoms with Crippen LogP contribution in [0, 0.1) is 0 Å². The second kappa shape index (κ2) is 44.3. The number of nitrogens with zero attached hydrogens (tertiary/aromatic N) is 2. The van der Waals surface area contributed by atoms with Gasteiger partial charge >= 0.3 is 12.2 Å². The fourth-order valence-corrected chi connectivity index (χ4v) is 11.6. The number of carbonyl (C=O) groups excluding carboxylic acids is 12. The lowest BCUT2D eigenvalue weighted by Crippen LogP contribution is -2.59. The van der Waals surface area contributed by atoms with Crippen molar-refractivity contribution in [2.24, 2.45) is 22.9 Å². The largest absolute Gasteiger partial charge is 0.445 e. The van der Waals surface area contributed by atoms with Crippen molar-refractivity contribution in [2.45, 2.75) is 203 Å². The van der Waals surface area contributed by atoms with Crippen LogP contribution in [0.15, 0.2) is 60.7 Å². The van der Waals surface area contributed by atoms with Gasteiger partial charge in [-0.3, -0.25) is 47.9 Å². The monoisotopic (exact) mass is 1340 g/mol. The van der Waals surface area contributed by atoms with Crippen molar-refractivity contribution < 1.29 is 67.0 Å². The molecule has 0 saturated carbocycles. The molecule has 12 amide bonds. The van der Waals surface area contributed by atoms with E-state index in [2.05, 4.69) is 53.2 Å². The molecule has 96 heavy (non-hydrogen) atoms. The summed E-state index contributed by atoms with van der Waals surface area (Å²) >= 11 is 0. The van der Waals surface area contributed by atoms with Gasteiger partial charge in [-0.2, -0.15) is 0 Å². The highest BCUT2D eigenvalue weighted by atomic mass is 16.6. The molecule has 0 spiro atoms. The van der Waals surface area contributed by atoms with Crippen molar-refractivity contribution in [3.05, 3.63) is 71.8 Å². The van der Waals surface area contributed by atoms with Crippen LogP contribution in [0.3, 0.4) is 0 Å². The van der Waals surface area contributed by atoms with E-state index in [0.717, 1.165) is 11.1 Å². The Kier molecular flexibility index (Phi) is 36.1. The molecule has 0 unspecified atom stereocenters. The predicted molar refractivity (Wildman–Crippen MR) is 356 cm³/mol. The maximum absolute atomic E-state index is 14.7. The minimum atomic E-state index is -1.31. The van der Waals surface area contributed by atoms with E-state index in [-0.39, 0.29) is 130 Å². The summed E-state index contributed by atoms with van der Waals surface area (Å²) in [4.78, 5) is 172. The SMILES string of the molecule is NCCCC[C@@H]1NC(=O)CNC(=O)[C@@H]2CCCN2C(=O)[C@H](CCCCN)NC(=O)[C@H](CCCCNC(=O)OCc2ccccc2)NC(=O)[C@H](CCCCN)NC(=O)CNC(=O)[C@@H]2CCCN2C(=O)[C@H](CCCCN)NC(=O)[C@H](CCCCNC(=O)OCc2ccccc2)NC1=O. The van der Waals surface area contributed by atoms with Gasteiger partial charge in [0, 0.05) is 26.2 Å². The third kappa shape index (κ3) is 28.1. The lowest BCUT2D eigenvalue weighted by Gasteiger charge is -2.31. The summed E-state index contributed by atoms with van der Waals surface area (Å²) in [5.41, 5.74) is 25.0. The highest BCUT2D eigenvalue weighted by Crippen LogP contribution is 2.23. The van der Waals surface area contributed by atoms with Gasteiger partial charge in [0.05, 0.1) is 13.1 Å². The fraction of sp³-hybridized carbons (Fsp3) is 0.636. The van der Waals surface area contributed by atoms with Crippen molar-refractivity contribution in [1.82, 2.24) is 63.0 Å². The van der Waals surface area contributed by atoms with E-state index in [1.54, 1.807) is 0 Å². The standard InChI is InChI=1S/C66H104N16O14/c67-33-13-7-25-47-57(85)77-49(27-11-17-37-71-65(93)95-43-45-21-3-1-4-22-45)59(87)79-51(29-9-15-35-69)63(91)81-39-19-31-53(81)61(89)74-42-56(84)76-48(26-8-14-34-68)58(86)78-50(28-12-18-38-72-66(94)96-44-46-23-5-2-6-24-46)60(88)80-52(30-10-16-36-70)64(92)82-40-20-32-54(82)62(90)73-41-55(83)75-47/h1-6,21-24,47-54H,7-20,25-44,67-70H2,(H,71,93)(H,72,94)(H,73,90)(H,74,89)(H,75,83)(H,76,84)(H,77,85)(H,78,86)(H,79,87)(H,80,88)/t47-,48-,49-,50-,51-,52-,53-,54-/m0/s1. The van der Waals surface area contributed by atoms with Crippen LogP contribution in [-0.4, -0.2) is 195 Å². The van der Waals surface area contributed by atoms with Gasteiger partial charge in [0.15, 0.2) is 0 Å². The Balaban J connectivity index is 1.44. The first-order valence-corrected chi connectivity index (χ1v) is 34.1. The number of nitrogens with one attached hydrogen (secondary N) is 10. The van der Waals surface area contributed by atoms with Gasteiger partial charge < -0.3 is 95.4 Å². The first-order valence-electron chi connectivity index (χ1n) is 34.1. The fourth-order valence-electron chi connectivity index (χ4n) is 11.6. The number of ether oxygens (including phenoxy) is 2. The number of hydrogen-bond donors (Lipinski definition) is 14. The molecule has 2 aromatic rings. The second-order valence-corrected chi connectivity index (χ2v) is 24.4. The number of amides is 12. The molecule has 5 rings (SSSR count). The van der Waals surface area contributed by atoms with E-state index < -0.39 is 133 Å². The molecule has 3 aliphatic heterocycles. The molecular formula is C66H104N16O14. The highest BCUT2D eigenvalue weighted by molar-refractivity contribution is 5.99. The molecule has 0 bridgehead atoms. The number of benzene rings is 2. The molecule has 0 aliphatic carbocycles. The summed E-state index contributed by atoms with van der Waals surface area (Å²) in [6.45, 7) is 0.438. The molecule has 8 atom stereocenters. The molecule has 0 radical (unpaired) electrons. The number of hydrogen-bond acceptors (Lipinski definition) is 18. The van der Waals surface area contributed by atoms with Crippen molar-refractivity contribution in [3.63, 3.8) is 0 Å². The van der Waals surface area contributed by atoms with Crippen molar-refractivity contribution in [2.75, 3.05) is 65.4 Å². The van der Waals surface area contributed by atoms with Crippen LogP contribution in [0.1, 0.15) is 152 Å². The van der Waals surface area contributed by atoms with Gasteiger partial charge in [-0.25, -0.2) is 9.59 Å². The lowest BCUT2D eigenvalue weighted by atomic mass is 10.0. The maximum Gasteiger partial charge on any atom is 0.407 e. The Morgan fingerprint density at radius 3 is 1.03 bits per heavy atom. The summed E-state index contributed by atoms with van der Waals surface area (Å²) in [6, 6.07) is 8.47. The number of alkyl carbamates (subject to hydrolysis) is 2. The van der Waals surface area contributed by atoms with Crippen molar-refractivity contribution in [1.29, 1.82) is 0 Å². The number of nitrogens with two attached hydrogens (primary N) is 4. The smallest absolute Gasteiger partial charge is 0.407 e. The Morgan fingerprint density at radius 1 is 0.396 bits per heavy atom. The minimum absolute atomic E-state index is 0.00238.